The molecule has 0 atom stereocenters. The Bertz CT molecular complexity index is 351. The van der Waals surface area contributed by atoms with E-state index in [-0.39, 0.29) is 0 Å². The molecule has 1 rings (SSSR count). The number of carboxylic acids is 1. The largest absolute Gasteiger partial charge is 0.478 e. The van der Waals surface area contributed by atoms with Gasteiger partial charge in [0.05, 0.1) is 0 Å². The van der Waals surface area contributed by atoms with E-state index in [1.165, 1.54) is 0 Å². The Kier molecular flexibility index (Phi) is 6.27. The zero-order valence-corrected chi connectivity index (χ0v) is 10.7. The van der Waals surface area contributed by atoms with Gasteiger partial charge in [-0.2, -0.15) is 11.8 Å². The third-order valence-corrected chi connectivity index (χ3v) is 3.55. The van der Waals surface area contributed by atoms with Crippen LogP contribution in [0.1, 0.15) is 12.8 Å². The lowest BCUT2D eigenvalue weighted by atomic mass is 10.0. The van der Waals surface area contributed by atoms with Crippen LogP contribution in [0.25, 0.3) is 0 Å². The van der Waals surface area contributed by atoms with Crippen LogP contribution in [0.2, 0.25) is 0 Å². The minimum Gasteiger partial charge on any atom is -0.478 e. The molecule has 100 valence electrons. The van der Waals surface area contributed by atoms with E-state index in [9.17, 15) is 14.4 Å². The number of hydrogen-bond donors (Lipinski definition) is 3. The topological polar surface area (TPSA) is 95.5 Å². The third kappa shape index (κ3) is 6.29. The van der Waals surface area contributed by atoms with Crippen LogP contribution in [-0.4, -0.2) is 41.1 Å². The Morgan fingerprint density at radius 3 is 2.50 bits per heavy atom. The molecule has 0 spiro atoms. The summed E-state index contributed by atoms with van der Waals surface area (Å²) in [6, 6.07) is -0.590. The summed E-state index contributed by atoms with van der Waals surface area (Å²) in [4.78, 5) is 32.5. The summed E-state index contributed by atoms with van der Waals surface area (Å²) in [5, 5.41) is 12.9. The molecule has 7 heteroatoms. The van der Waals surface area contributed by atoms with Crippen molar-refractivity contribution in [1.82, 2.24) is 10.6 Å². The Morgan fingerprint density at radius 1 is 1.22 bits per heavy atom. The average molecular weight is 272 g/mol. The first-order chi connectivity index (χ1) is 8.58. The number of carbonyl (C=O) groups is 3. The van der Waals surface area contributed by atoms with Gasteiger partial charge in [0.15, 0.2) is 0 Å². The summed E-state index contributed by atoms with van der Waals surface area (Å²) in [5.41, 5.74) is 0. The Hall–Kier alpha value is -1.50. The fourth-order valence-electron chi connectivity index (χ4n) is 1.53. The van der Waals surface area contributed by atoms with Gasteiger partial charge in [0.2, 0.25) is 0 Å². The zero-order chi connectivity index (χ0) is 13.4. The van der Waals surface area contributed by atoms with E-state index in [4.69, 9.17) is 5.11 Å². The van der Waals surface area contributed by atoms with Crippen LogP contribution < -0.4 is 10.6 Å². The third-order valence-electron chi connectivity index (χ3n) is 2.51. The van der Waals surface area contributed by atoms with Crippen LogP contribution in [0.3, 0.4) is 0 Å². The number of imide groups is 1. The van der Waals surface area contributed by atoms with Crippen molar-refractivity contribution in [3.05, 3.63) is 12.2 Å². The molecule has 0 saturated carbocycles. The summed E-state index contributed by atoms with van der Waals surface area (Å²) >= 11 is 1.91. The number of carboxylic acid groups (broad SMARTS) is 1. The second kappa shape index (κ2) is 7.75. The van der Waals surface area contributed by atoms with E-state index in [2.05, 4.69) is 5.32 Å². The monoisotopic (exact) mass is 272 g/mol. The number of carbonyl (C=O) groups excluding carboxylic acids is 2. The van der Waals surface area contributed by atoms with E-state index < -0.39 is 17.9 Å². The second-order valence-electron chi connectivity index (χ2n) is 3.93. The van der Waals surface area contributed by atoms with Gasteiger partial charge in [0, 0.05) is 18.7 Å². The maximum atomic E-state index is 11.3. The molecule has 1 aliphatic rings. The molecule has 0 aromatic carbocycles. The van der Waals surface area contributed by atoms with Crippen molar-refractivity contribution in [1.29, 1.82) is 0 Å². The van der Waals surface area contributed by atoms with Crippen LogP contribution in [0.4, 0.5) is 4.79 Å². The van der Waals surface area contributed by atoms with Crippen molar-refractivity contribution in [2.75, 3.05) is 18.1 Å². The molecule has 0 bridgehead atoms. The van der Waals surface area contributed by atoms with E-state index in [0.717, 1.165) is 30.4 Å². The normalized spacial score (nSPS) is 16.4. The number of nitrogens with one attached hydrogen (secondary N) is 2. The highest BCUT2D eigenvalue weighted by Crippen LogP contribution is 2.21. The van der Waals surface area contributed by atoms with Gasteiger partial charge >= 0.3 is 12.0 Å². The van der Waals surface area contributed by atoms with Crippen molar-refractivity contribution in [3.8, 4) is 0 Å². The van der Waals surface area contributed by atoms with Gasteiger partial charge in [-0.3, -0.25) is 10.1 Å². The Balaban J connectivity index is 2.20. The first-order valence-corrected chi connectivity index (χ1v) is 6.81. The molecule has 3 amide bonds. The van der Waals surface area contributed by atoms with Crippen molar-refractivity contribution in [3.63, 3.8) is 0 Å². The van der Waals surface area contributed by atoms with Crippen molar-refractivity contribution in [2.24, 2.45) is 5.92 Å². The second-order valence-corrected chi connectivity index (χ2v) is 5.15. The van der Waals surface area contributed by atoms with Gasteiger partial charge in [-0.1, -0.05) is 0 Å². The average Bonchev–Trinajstić information content (AvgIpc) is 2.35. The van der Waals surface area contributed by atoms with Crippen LogP contribution >= 0.6 is 11.8 Å². The maximum absolute atomic E-state index is 11.3. The van der Waals surface area contributed by atoms with E-state index >= 15 is 0 Å². The van der Waals surface area contributed by atoms with Crippen LogP contribution in [0, 0.1) is 5.92 Å². The summed E-state index contributed by atoms with van der Waals surface area (Å²) in [6.45, 7) is 0.544. The van der Waals surface area contributed by atoms with Gasteiger partial charge in [-0.25, -0.2) is 9.59 Å². The van der Waals surface area contributed by atoms with Crippen molar-refractivity contribution in [2.45, 2.75) is 12.8 Å². The van der Waals surface area contributed by atoms with Crippen LogP contribution in [-0.2, 0) is 9.59 Å². The number of amides is 3. The molecule has 0 unspecified atom stereocenters. The first kappa shape index (κ1) is 14.6. The highest BCUT2D eigenvalue weighted by atomic mass is 32.2. The fourth-order valence-corrected chi connectivity index (χ4v) is 2.74. The summed E-state index contributed by atoms with van der Waals surface area (Å²) in [5.74, 6) is 0.698. The number of urea groups is 1. The minimum atomic E-state index is -1.23. The molecule has 1 saturated heterocycles. The number of hydrogen-bond acceptors (Lipinski definition) is 4. The summed E-state index contributed by atoms with van der Waals surface area (Å²) in [7, 11) is 0. The molecule has 1 heterocycles. The number of aliphatic carboxylic acids is 1. The highest BCUT2D eigenvalue weighted by Gasteiger charge is 2.14. The predicted molar refractivity (Wildman–Crippen MR) is 68.4 cm³/mol. The van der Waals surface area contributed by atoms with Gasteiger partial charge in [-0.15, -0.1) is 0 Å². The first-order valence-electron chi connectivity index (χ1n) is 5.65. The zero-order valence-electron chi connectivity index (χ0n) is 9.85. The molecule has 3 N–H and O–H groups in total. The van der Waals surface area contributed by atoms with E-state index in [1.807, 2.05) is 17.1 Å². The smallest absolute Gasteiger partial charge is 0.328 e. The Labute approximate surface area is 109 Å². The molecule has 0 radical (unpaired) electrons. The van der Waals surface area contributed by atoms with Crippen LogP contribution in [0.5, 0.6) is 0 Å². The standard InChI is InChI=1S/C11H16N2O4S/c14-9(1-2-10(15)16)13-11(17)12-7-8-3-5-18-6-4-8/h1-2,8H,3-7H2,(H,15,16)(H2,12,13,14,17)/b2-1+. The lowest BCUT2D eigenvalue weighted by molar-refractivity contribution is -0.131. The number of rotatable bonds is 4. The van der Waals surface area contributed by atoms with E-state index in [0.29, 0.717) is 18.5 Å². The molecule has 0 aromatic rings. The van der Waals surface area contributed by atoms with E-state index in [1.54, 1.807) is 0 Å². The lowest BCUT2D eigenvalue weighted by Gasteiger charge is -2.21. The van der Waals surface area contributed by atoms with Crippen LogP contribution in [0.15, 0.2) is 12.2 Å². The molecule has 1 fully saturated rings. The SMILES string of the molecule is O=C(O)/C=C/C(=O)NC(=O)NCC1CCSCC1. The van der Waals surface area contributed by atoms with Gasteiger partial charge in [0.25, 0.3) is 5.91 Å². The Morgan fingerprint density at radius 2 is 1.89 bits per heavy atom. The molecule has 18 heavy (non-hydrogen) atoms. The summed E-state index contributed by atoms with van der Waals surface area (Å²) < 4.78 is 0. The molecular weight excluding hydrogens is 256 g/mol. The fraction of sp³-hybridized carbons (Fsp3) is 0.545. The van der Waals surface area contributed by atoms with Crippen molar-refractivity contribution >= 4 is 29.7 Å². The maximum Gasteiger partial charge on any atom is 0.328 e. The molecular formula is C11H16N2O4S. The van der Waals surface area contributed by atoms with Gasteiger partial charge in [-0.05, 0) is 30.3 Å². The quantitative estimate of drug-likeness (QED) is 0.651. The summed E-state index contributed by atoms with van der Waals surface area (Å²) in [6.07, 6.45) is 3.62. The predicted octanol–water partition coefficient (Wildman–Crippen LogP) is 0.596. The van der Waals surface area contributed by atoms with Gasteiger partial charge in [0.1, 0.15) is 0 Å². The highest BCUT2D eigenvalue weighted by molar-refractivity contribution is 7.99. The molecule has 6 nitrogen and oxygen atoms in total. The minimum absolute atomic E-state index is 0.460. The van der Waals surface area contributed by atoms with Gasteiger partial charge < -0.3 is 10.4 Å². The number of thioether (sulfide) groups is 1. The lowest BCUT2D eigenvalue weighted by Crippen LogP contribution is -2.41. The molecule has 1 aliphatic heterocycles. The molecule has 0 aromatic heterocycles. The molecule has 0 aliphatic carbocycles. The van der Waals surface area contributed by atoms with Crippen molar-refractivity contribution < 1.29 is 19.5 Å².